The molecule has 1 aliphatic carbocycles. The van der Waals surface area contributed by atoms with Crippen LogP contribution in [0.15, 0.2) is 72.8 Å². The van der Waals surface area contributed by atoms with Gasteiger partial charge in [-0.3, -0.25) is 4.79 Å². The number of nitrogens with one attached hydrogen (secondary N) is 1. The topological polar surface area (TPSA) is 103 Å². The summed E-state index contributed by atoms with van der Waals surface area (Å²) < 4.78 is 11.5. The predicted octanol–water partition coefficient (Wildman–Crippen LogP) is 4.77. The van der Waals surface area contributed by atoms with Crippen molar-refractivity contribution in [3.8, 4) is 17.6 Å². The molecule has 0 spiro atoms. The van der Waals surface area contributed by atoms with Crippen LogP contribution in [0.2, 0.25) is 0 Å². The molecule has 160 valence electrons. The molecule has 0 amide bonds. The molecule has 6 heteroatoms. The zero-order valence-corrected chi connectivity index (χ0v) is 17.3. The number of carboxylic acid groups (broad SMARTS) is 1. The molecule has 2 N–H and O–H groups in total. The molecular weight excluding hydrogens is 404 g/mol. The van der Waals surface area contributed by atoms with E-state index in [0.29, 0.717) is 30.1 Å². The van der Waals surface area contributed by atoms with Crippen LogP contribution in [-0.2, 0) is 11.4 Å². The fourth-order valence-electron chi connectivity index (χ4n) is 3.48. The lowest BCUT2D eigenvalue weighted by Crippen LogP contribution is -2.11. The molecule has 0 bridgehead atoms. The minimum Gasteiger partial charge on any atom is -0.489 e. The summed E-state index contributed by atoms with van der Waals surface area (Å²) in [6, 6.07) is 24.0. The summed E-state index contributed by atoms with van der Waals surface area (Å²) in [6.07, 6.45) is 0.705. The van der Waals surface area contributed by atoms with E-state index in [-0.39, 0.29) is 18.4 Å². The Balaban J connectivity index is 1.24. The Morgan fingerprint density at radius 2 is 1.59 bits per heavy atom. The molecule has 1 saturated carbocycles. The highest BCUT2D eigenvalue weighted by Crippen LogP contribution is 2.47. The third-order valence-electron chi connectivity index (χ3n) is 5.49. The number of carboxylic acids is 1. The summed E-state index contributed by atoms with van der Waals surface area (Å²) in [7, 11) is 0. The van der Waals surface area contributed by atoms with Crippen molar-refractivity contribution in [3.63, 3.8) is 0 Å². The van der Waals surface area contributed by atoms with Crippen molar-refractivity contribution in [3.05, 3.63) is 95.1 Å². The summed E-state index contributed by atoms with van der Waals surface area (Å²) in [5, 5.41) is 26.0. The van der Waals surface area contributed by atoms with Gasteiger partial charge in [0.05, 0.1) is 23.3 Å². The van der Waals surface area contributed by atoms with E-state index in [1.807, 2.05) is 48.5 Å². The molecule has 0 radical (unpaired) electrons. The molecule has 3 aromatic rings. The minimum atomic E-state index is -0.728. The van der Waals surface area contributed by atoms with Gasteiger partial charge in [-0.1, -0.05) is 36.4 Å². The molecule has 32 heavy (non-hydrogen) atoms. The zero-order chi connectivity index (χ0) is 22.5. The number of hydrogen-bond acceptors (Lipinski definition) is 5. The summed E-state index contributed by atoms with van der Waals surface area (Å²) >= 11 is 0. The normalized spacial score (nSPS) is 16.6. The van der Waals surface area contributed by atoms with Crippen LogP contribution >= 0.6 is 0 Å². The van der Waals surface area contributed by atoms with Crippen molar-refractivity contribution >= 4 is 11.7 Å². The van der Waals surface area contributed by atoms with Gasteiger partial charge in [0.25, 0.3) is 0 Å². The van der Waals surface area contributed by atoms with Gasteiger partial charge in [0.1, 0.15) is 24.7 Å². The van der Waals surface area contributed by atoms with Gasteiger partial charge in [-0.15, -0.1) is 0 Å². The second-order valence-electron chi connectivity index (χ2n) is 7.74. The van der Waals surface area contributed by atoms with Crippen LogP contribution in [0.25, 0.3) is 0 Å². The molecule has 6 nitrogen and oxygen atoms in total. The fraction of sp³-hybridized carbons (Fsp3) is 0.192. The van der Waals surface area contributed by atoms with Crippen molar-refractivity contribution in [1.82, 2.24) is 0 Å². The number of nitrogens with zero attached hydrogens (tertiary/aromatic N) is 1. The molecule has 0 aromatic heterocycles. The van der Waals surface area contributed by atoms with Gasteiger partial charge in [0.2, 0.25) is 0 Å². The first kappa shape index (κ1) is 21.1. The van der Waals surface area contributed by atoms with Crippen molar-refractivity contribution < 1.29 is 19.4 Å². The molecule has 2 atom stereocenters. The SMILES string of the molecule is N#Cc1ccc(C(=N)COc2ccc(COc3ccc([C@H]4C[C@H]4C(=O)O)cc3)cc2)cc1. The zero-order valence-electron chi connectivity index (χ0n) is 17.3. The van der Waals surface area contributed by atoms with Gasteiger partial charge < -0.3 is 20.0 Å². The van der Waals surface area contributed by atoms with Crippen LogP contribution in [0, 0.1) is 22.7 Å². The Hall–Kier alpha value is -4.11. The lowest BCUT2D eigenvalue weighted by Gasteiger charge is -2.10. The highest BCUT2D eigenvalue weighted by Gasteiger charge is 2.44. The monoisotopic (exact) mass is 426 g/mol. The van der Waals surface area contributed by atoms with Gasteiger partial charge in [-0.05, 0) is 65.4 Å². The number of carbonyl (C=O) groups is 1. The maximum Gasteiger partial charge on any atom is 0.307 e. The van der Waals surface area contributed by atoms with Crippen LogP contribution < -0.4 is 9.47 Å². The number of aliphatic carboxylic acids is 1. The number of hydrogen-bond donors (Lipinski definition) is 2. The molecule has 0 heterocycles. The highest BCUT2D eigenvalue weighted by molar-refractivity contribution is 5.99. The van der Waals surface area contributed by atoms with Crippen LogP contribution in [-0.4, -0.2) is 23.4 Å². The van der Waals surface area contributed by atoms with E-state index in [4.69, 9.17) is 25.3 Å². The third-order valence-corrected chi connectivity index (χ3v) is 5.49. The number of nitriles is 1. The Labute approximate surface area is 186 Å². The van der Waals surface area contributed by atoms with E-state index in [9.17, 15) is 4.79 Å². The largest absolute Gasteiger partial charge is 0.489 e. The van der Waals surface area contributed by atoms with Crippen molar-refractivity contribution in [2.75, 3.05) is 6.61 Å². The van der Waals surface area contributed by atoms with Gasteiger partial charge in [-0.25, -0.2) is 0 Å². The Morgan fingerprint density at radius 1 is 0.969 bits per heavy atom. The lowest BCUT2D eigenvalue weighted by molar-refractivity contribution is -0.138. The smallest absolute Gasteiger partial charge is 0.307 e. The quantitative estimate of drug-likeness (QED) is 0.480. The van der Waals surface area contributed by atoms with Crippen molar-refractivity contribution in [1.29, 1.82) is 10.7 Å². The van der Waals surface area contributed by atoms with E-state index in [1.165, 1.54) is 0 Å². The highest BCUT2D eigenvalue weighted by atomic mass is 16.5. The molecule has 0 saturated heterocycles. The van der Waals surface area contributed by atoms with Gasteiger partial charge in [-0.2, -0.15) is 5.26 Å². The summed E-state index contributed by atoms with van der Waals surface area (Å²) in [6.45, 7) is 0.541. The Morgan fingerprint density at radius 3 is 2.19 bits per heavy atom. The van der Waals surface area contributed by atoms with Crippen molar-refractivity contribution in [2.45, 2.75) is 18.9 Å². The van der Waals surface area contributed by atoms with Gasteiger partial charge in [0.15, 0.2) is 0 Å². The Kier molecular flexibility index (Phi) is 6.18. The maximum atomic E-state index is 11.0. The van der Waals surface area contributed by atoms with Gasteiger partial charge in [0, 0.05) is 0 Å². The number of benzene rings is 3. The molecule has 1 fully saturated rings. The standard InChI is InChI=1S/C26H22N2O4/c27-14-17-1-5-20(6-2-17)25(28)16-32-21-9-3-18(4-10-21)15-31-22-11-7-19(8-12-22)23-13-24(23)26(29)30/h1-12,23-24,28H,13,15-16H2,(H,29,30)/t23-,24-/m1/s1. The van der Waals surface area contributed by atoms with E-state index in [2.05, 4.69) is 6.07 Å². The molecule has 4 rings (SSSR count). The molecule has 1 aliphatic rings. The first-order chi connectivity index (χ1) is 15.5. The second kappa shape index (κ2) is 9.36. The first-order valence-electron chi connectivity index (χ1n) is 10.3. The number of rotatable bonds is 9. The minimum absolute atomic E-state index is 0.118. The lowest BCUT2D eigenvalue weighted by atomic mass is 10.1. The molecule has 3 aromatic carbocycles. The molecular formula is C26H22N2O4. The second-order valence-corrected chi connectivity index (χ2v) is 7.74. The fourth-order valence-corrected chi connectivity index (χ4v) is 3.48. The third kappa shape index (κ3) is 5.13. The summed E-state index contributed by atoms with van der Waals surface area (Å²) in [4.78, 5) is 11.0. The van der Waals surface area contributed by atoms with Crippen LogP contribution in [0.3, 0.4) is 0 Å². The first-order valence-corrected chi connectivity index (χ1v) is 10.3. The van der Waals surface area contributed by atoms with Crippen LogP contribution in [0.5, 0.6) is 11.5 Å². The average molecular weight is 426 g/mol. The average Bonchev–Trinajstić information content (AvgIpc) is 3.64. The van der Waals surface area contributed by atoms with E-state index >= 15 is 0 Å². The van der Waals surface area contributed by atoms with Crippen LogP contribution in [0.1, 0.15) is 34.6 Å². The molecule has 0 unspecified atom stereocenters. The maximum absolute atomic E-state index is 11.0. The Bertz CT molecular complexity index is 1150. The van der Waals surface area contributed by atoms with Crippen molar-refractivity contribution in [2.24, 2.45) is 5.92 Å². The van der Waals surface area contributed by atoms with Crippen LogP contribution in [0.4, 0.5) is 0 Å². The summed E-state index contributed by atoms with van der Waals surface area (Å²) in [5.41, 5.74) is 3.65. The van der Waals surface area contributed by atoms with Gasteiger partial charge >= 0.3 is 5.97 Å². The molecule has 0 aliphatic heterocycles. The van der Waals surface area contributed by atoms with E-state index in [0.717, 1.165) is 22.4 Å². The van der Waals surface area contributed by atoms with E-state index < -0.39 is 5.97 Å². The predicted molar refractivity (Wildman–Crippen MR) is 119 cm³/mol. The van der Waals surface area contributed by atoms with E-state index in [1.54, 1.807) is 24.3 Å². The number of ether oxygens (including phenoxy) is 2. The summed E-state index contributed by atoms with van der Waals surface area (Å²) in [5.74, 6) is 0.531.